The van der Waals surface area contributed by atoms with Crippen molar-refractivity contribution in [2.75, 3.05) is 37.7 Å². The van der Waals surface area contributed by atoms with Crippen molar-refractivity contribution in [3.63, 3.8) is 0 Å². The molecule has 29 heavy (non-hydrogen) atoms. The van der Waals surface area contributed by atoms with Crippen LogP contribution in [-0.2, 0) is 0 Å². The molecule has 2 aliphatic heterocycles. The highest BCUT2D eigenvalue weighted by atomic mass is 16.6. The molecule has 2 unspecified atom stereocenters. The topological polar surface area (TPSA) is 85.2 Å². The summed E-state index contributed by atoms with van der Waals surface area (Å²) in [6.45, 7) is 5.74. The van der Waals surface area contributed by atoms with Gasteiger partial charge in [-0.1, -0.05) is 0 Å². The zero-order valence-corrected chi connectivity index (χ0v) is 16.2. The van der Waals surface area contributed by atoms with Gasteiger partial charge in [-0.2, -0.15) is 0 Å². The number of benzene rings is 2. The average molecular weight is 397 g/mol. The van der Waals surface area contributed by atoms with E-state index < -0.39 is 11.0 Å². The van der Waals surface area contributed by atoms with Crippen LogP contribution < -0.4 is 14.4 Å². The van der Waals surface area contributed by atoms with Crippen molar-refractivity contribution < 1.29 is 19.2 Å². The minimum atomic E-state index is -0.483. The molecule has 2 aromatic carbocycles. The van der Waals surface area contributed by atoms with Crippen molar-refractivity contribution in [3.8, 4) is 11.5 Å². The van der Waals surface area contributed by atoms with Crippen LogP contribution in [-0.4, -0.2) is 48.7 Å². The van der Waals surface area contributed by atoms with Gasteiger partial charge in [0, 0.05) is 55.8 Å². The van der Waals surface area contributed by atoms with Gasteiger partial charge in [-0.3, -0.25) is 10.1 Å². The van der Waals surface area contributed by atoms with Gasteiger partial charge in [0.05, 0.1) is 11.5 Å². The fourth-order valence-corrected chi connectivity index (χ4v) is 4.07. The molecule has 8 nitrogen and oxygen atoms in total. The van der Waals surface area contributed by atoms with Crippen molar-refractivity contribution >= 4 is 17.5 Å². The lowest BCUT2D eigenvalue weighted by Crippen LogP contribution is -2.35. The Morgan fingerprint density at radius 3 is 2.14 bits per heavy atom. The lowest BCUT2D eigenvalue weighted by Gasteiger charge is -2.23. The van der Waals surface area contributed by atoms with Crippen molar-refractivity contribution in [1.29, 1.82) is 0 Å². The molecule has 1 amide bonds. The van der Waals surface area contributed by atoms with Crippen molar-refractivity contribution in [2.24, 2.45) is 11.8 Å². The fraction of sp³-hybridized carbons (Fsp3) is 0.381. The number of carbonyl (C=O) groups is 1. The van der Waals surface area contributed by atoms with Gasteiger partial charge in [0.1, 0.15) is 11.5 Å². The summed E-state index contributed by atoms with van der Waals surface area (Å²) in [5.41, 5.74) is 1.14. The maximum atomic E-state index is 12.5. The Bertz CT molecular complexity index is 870. The zero-order valence-electron chi connectivity index (χ0n) is 16.2. The number of carbonyl (C=O) groups excluding carboxylic acids is 1. The molecule has 2 heterocycles. The Balaban J connectivity index is 1.31. The van der Waals surface area contributed by atoms with E-state index in [2.05, 4.69) is 17.0 Å². The highest BCUT2D eigenvalue weighted by Gasteiger charge is 2.42. The summed E-state index contributed by atoms with van der Waals surface area (Å²) in [6.07, 6.45) is -0.402. The molecule has 0 aromatic heterocycles. The van der Waals surface area contributed by atoms with Gasteiger partial charge >= 0.3 is 6.09 Å². The lowest BCUT2D eigenvalue weighted by atomic mass is 10.0. The number of hydrogen-bond donors (Lipinski definition) is 0. The molecular formula is C21H23N3O5. The van der Waals surface area contributed by atoms with Crippen LogP contribution in [0.2, 0.25) is 0 Å². The number of anilines is 1. The molecule has 2 saturated heterocycles. The molecule has 4 rings (SSSR count). The Labute approximate surface area is 168 Å². The van der Waals surface area contributed by atoms with Crippen LogP contribution in [0.15, 0.2) is 48.5 Å². The second-order valence-electron chi connectivity index (χ2n) is 7.38. The molecular weight excluding hydrogens is 374 g/mol. The Morgan fingerprint density at radius 1 is 1.00 bits per heavy atom. The molecule has 152 valence electrons. The Morgan fingerprint density at radius 2 is 1.59 bits per heavy atom. The fourth-order valence-electron chi connectivity index (χ4n) is 4.07. The van der Waals surface area contributed by atoms with E-state index in [-0.39, 0.29) is 5.69 Å². The average Bonchev–Trinajstić information content (AvgIpc) is 3.29. The van der Waals surface area contributed by atoms with Gasteiger partial charge in [0.2, 0.25) is 0 Å². The lowest BCUT2D eigenvalue weighted by molar-refractivity contribution is -0.384. The summed E-state index contributed by atoms with van der Waals surface area (Å²) in [6, 6.07) is 13.7. The first-order valence-corrected chi connectivity index (χ1v) is 9.72. The first kappa shape index (κ1) is 19.0. The third kappa shape index (κ3) is 4.11. The molecule has 0 N–H and O–H groups in total. The normalized spacial score (nSPS) is 20.4. The largest absolute Gasteiger partial charge is 0.494 e. The van der Waals surface area contributed by atoms with Gasteiger partial charge < -0.3 is 19.3 Å². The van der Waals surface area contributed by atoms with Crippen LogP contribution in [0.3, 0.4) is 0 Å². The van der Waals surface area contributed by atoms with Gasteiger partial charge in [-0.15, -0.1) is 0 Å². The first-order chi connectivity index (χ1) is 14.0. The minimum Gasteiger partial charge on any atom is -0.494 e. The number of fused-ring (bicyclic) bond motifs is 1. The van der Waals surface area contributed by atoms with Crippen LogP contribution in [0.4, 0.5) is 16.2 Å². The van der Waals surface area contributed by atoms with E-state index in [1.54, 1.807) is 4.90 Å². The SMILES string of the molecule is CCOc1ccc(N2CC3CN(C(=O)Oc4ccc([N+](=O)[O-])cc4)CC3C2)cc1. The molecule has 0 spiro atoms. The van der Waals surface area contributed by atoms with Gasteiger partial charge in [-0.05, 0) is 43.3 Å². The van der Waals surface area contributed by atoms with Crippen LogP contribution in [0.5, 0.6) is 11.5 Å². The van der Waals surface area contributed by atoms with Crippen molar-refractivity contribution in [2.45, 2.75) is 6.92 Å². The maximum absolute atomic E-state index is 12.5. The number of nitro benzene ring substituents is 1. The predicted octanol–water partition coefficient (Wildman–Crippen LogP) is 3.56. The molecule has 2 fully saturated rings. The first-order valence-electron chi connectivity index (χ1n) is 9.72. The number of likely N-dealkylation sites (tertiary alicyclic amines) is 1. The summed E-state index contributed by atoms with van der Waals surface area (Å²) in [7, 11) is 0. The van der Waals surface area contributed by atoms with E-state index >= 15 is 0 Å². The predicted molar refractivity (Wildman–Crippen MR) is 107 cm³/mol. The number of nitrogens with zero attached hydrogens (tertiary/aromatic N) is 3. The van der Waals surface area contributed by atoms with E-state index in [1.807, 2.05) is 19.1 Å². The smallest absolute Gasteiger partial charge is 0.415 e. The number of non-ortho nitro benzene ring substituents is 1. The summed E-state index contributed by atoms with van der Waals surface area (Å²) in [5, 5.41) is 10.7. The van der Waals surface area contributed by atoms with E-state index in [0.717, 1.165) is 18.8 Å². The maximum Gasteiger partial charge on any atom is 0.415 e. The van der Waals surface area contributed by atoms with Crippen LogP contribution in [0.25, 0.3) is 0 Å². The number of amides is 1. The molecule has 2 atom stereocenters. The zero-order chi connectivity index (χ0) is 20.4. The quantitative estimate of drug-likeness (QED) is 0.566. The summed E-state index contributed by atoms with van der Waals surface area (Å²) in [5.74, 6) is 2.00. The van der Waals surface area contributed by atoms with E-state index in [9.17, 15) is 14.9 Å². The van der Waals surface area contributed by atoms with Gasteiger partial charge in [0.25, 0.3) is 5.69 Å². The highest BCUT2D eigenvalue weighted by Crippen LogP contribution is 2.35. The van der Waals surface area contributed by atoms with E-state index in [1.165, 1.54) is 30.0 Å². The number of hydrogen-bond acceptors (Lipinski definition) is 6. The minimum absolute atomic E-state index is 0.0325. The van der Waals surface area contributed by atoms with Crippen molar-refractivity contribution in [1.82, 2.24) is 4.90 Å². The third-order valence-electron chi connectivity index (χ3n) is 5.51. The van der Waals surface area contributed by atoms with Crippen LogP contribution in [0, 0.1) is 22.0 Å². The highest BCUT2D eigenvalue weighted by molar-refractivity contribution is 5.71. The van der Waals surface area contributed by atoms with Gasteiger partial charge in [0.15, 0.2) is 0 Å². The summed E-state index contributed by atoms with van der Waals surface area (Å²) >= 11 is 0. The second kappa shape index (κ2) is 7.98. The standard InChI is InChI=1S/C21H23N3O5/c1-2-28-19-7-3-17(4-8-19)22-11-15-13-23(14-16(15)12-22)21(25)29-20-9-5-18(6-10-20)24(26)27/h3-10,15-16H,2,11-14H2,1H3. The molecule has 0 bridgehead atoms. The molecule has 0 saturated carbocycles. The van der Waals surface area contributed by atoms with Crippen LogP contribution in [0.1, 0.15) is 6.92 Å². The molecule has 0 radical (unpaired) electrons. The monoisotopic (exact) mass is 397 g/mol. The number of nitro groups is 1. The molecule has 0 aliphatic carbocycles. The summed E-state index contributed by atoms with van der Waals surface area (Å²) in [4.78, 5) is 26.8. The van der Waals surface area contributed by atoms with Crippen LogP contribution >= 0.6 is 0 Å². The molecule has 8 heteroatoms. The second-order valence-corrected chi connectivity index (χ2v) is 7.38. The summed E-state index contributed by atoms with van der Waals surface area (Å²) < 4.78 is 10.9. The van der Waals surface area contributed by atoms with Gasteiger partial charge in [-0.25, -0.2) is 4.79 Å². The van der Waals surface area contributed by atoms with E-state index in [0.29, 0.717) is 37.3 Å². The Kier molecular flexibility index (Phi) is 5.24. The number of rotatable bonds is 5. The number of ether oxygens (including phenoxy) is 2. The van der Waals surface area contributed by atoms with Crippen molar-refractivity contribution in [3.05, 3.63) is 58.6 Å². The Hall–Kier alpha value is -3.29. The third-order valence-corrected chi connectivity index (χ3v) is 5.51. The molecule has 2 aromatic rings. The molecule has 2 aliphatic rings. The van der Waals surface area contributed by atoms with E-state index in [4.69, 9.17) is 9.47 Å².